The van der Waals surface area contributed by atoms with Crippen molar-refractivity contribution in [1.82, 2.24) is 5.32 Å². The molecule has 3 aromatic rings. The normalized spacial score (nSPS) is 21.2. The third-order valence-corrected chi connectivity index (χ3v) is 7.04. The Hall–Kier alpha value is -3.97. The van der Waals surface area contributed by atoms with Gasteiger partial charge in [-0.05, 0) is 55.3 Å². The van der Waals surface area contributed by atoms with Gasteiger partial charge in [0, 0.05) is 17.1 Å². The summed E-state index contributed by atoms with van der Waals surface area (Å²) in [6.07, 6.45) is 0.126. The fourth-order valence-corrected chi connectivity index (χ4v) is 5.30. The highest BCUT2D eigenvalue weighted by Gasteiger charge is 2.61. The van der Waals surface area contributed by atoms with Gasteiger partial charge in [-0.2, -0.15) is 5.10 Å². The quantitative estimate of drug-likeness (QED) is 0.448. The lowest BCUT2D eigenvalue weighted by molar-refractivity contribution is -0.139. The fraction of sp³-hybridized carbons (Fsp3) is 0.207. The fourth-order valence-electron chi connectivity index (χ4n) is 5.17. The molecule has 188 valence electrons. The lowest BCUT2D eigenvalue weighted by Crippen LogP contribution is -2.62. The minimum Gasteiger partial charge on any atom is -0.463 e. The minimum atomic E-state index is -1.50. The van der Waals surface area contributed by atoms with E-state index in [-0.39, 0.29) is 24.2 Å². The van der Waals surface area contributed by atoms with E-state index in [9.17, 15) is 9.59 Å². The molecular weight excluding hydrogens is 493 g/mol. The van der Waals surface area contributed by atoms with Gasteiger partial charge in [0.05, 0.1) is 29.5 Å². The first-order valence-electron chi connectivity index (χ1n) is 12.0. The van der Waals surface area contributed by atoms with E-state index in [1.54, 1.807) is 61.3 Å². The van der Waals surface area contributed by atoms with E-state index >= 15 is 4.39 Å². The van der Waals surface area contributed by atoms with Crippen LogP contribution in [0.5, 0.6) is 0 Å². The Morgan fingerprint density at radius 3 is 2.46 bits per heavy atom. The van der Waals surface area contributed by atoms with Crippen LogP contribution >= 0.6 is 11.6 Å². The molecule has 2 atom stereocenters. The molecule has 3 aromatic carbocycles. The maximum atomic E-state index is 15.5. The lowest BCUT2D eigenvalue weighted by atomic mass is 9.68. The van der Waals surface area contributed by atoms with Gasteiger partial charge < -0.3 is 10.1 Å². The van der Waals surface area contributed by atoms with Gasteiger partial charge in [0.1, 0.15) is 5.82 Å². The third kappa shape index (κ3) is 4.19. The molecule has 0 saturated heterocycles. The zero-order chi connectivity index (χ0) is 26.2. The van der Waals surface area contributed by atoms with E-state index in [1.807, 2.05) is 30.3 Å². The van der Waals surface area contributed by atoms with Crippen LogP contribution in [0.2, 0.25) is 5.02 Å². The van der Waals surface area contributed by atoms with Crippen molar-refractivity contribution in [1.29, 1.82) is 0 Å². The number of esters is 1. The predicted octanol–water partition coefficient (Wildman–Crippen LogP) is 5.58. The highest BCUT2D eigenvalue weighted by molar-refractivity contribution is 6.30. The van der Waals surface area contributed by atoms with E-state index in [2.05, 4.69) is 5.32 Å². The van der Waals surface area contributed by atoms with Gasteiger partial charge in [-0.3, -0.25) is 4.79 Å². The summed E-state index contributed by atoms with van der Waals surface area (Å²) < 4.78 is 20.9. The molecule has 2 aliphatic rings. The monoisotopic (exact) mass is 517 g/mol. The number of carbonyl (C=O) groups is 2. The molecular formula is C29H25ClFN3O3. The Balaban J connectivity index is 1.80. The van der Waals surface area contributed by atoms with Gasteiger partial charge in [0.2, 0.25) is 0 Å². The first-order chi connectivity index (χ1) is 17.9. The maximum Gasteiger partial charge on any atom is 0.336 e. The summed E-state index contributed by atoms with van der Waals surface area (Å²) in [4.78, 5) is 27.5. The number of halogens is 2. The van der Waals surface area contributed by atoms with Gasteiger partial charge in [-0.25, -0.2) is 14.2 Å². The second-order valence-corrected chi connectivity index (χ2v) is 9.41. The number of hydrogen-bond donors (Lipinski definition) is 1. The standard InChI is InChI=1S/C29H25ClFN3O3/c1-3-37-27(35)25-18(2)32-28(36)29(26(25)22-11-7-8-12-23(22)31)17-24(19-9-5-4-6-10-19)33-34(29)21-15-13-20(30)14-16-21/h4-16,26H,3,17H2,1-2H3,(H,32,36)/t26-,29+/m0/s1. The molecule has 8 heteroatoms. The molecule has 0 fully saturated rings. The van der Waals surface area contributed by atoms with Gasteiger partial charge >= 0.3 is 5.97 Å². The average molecular weight is 518 g/mol. The number of hydrogen-bond acceptors (Lipinski definition) is 5. The molecule has 1 spiro atoms. The molecule has 0 aliphatic carbocycles. The summed E-state index contributed by atoms with van der Waals surface area (Å²) in [7, 11) is 0. The van der Waals surface area contributed by atoms with E-state index in [4.69, 9.17) is 21.4 Å². The summed E-state index contributed by atoms with van der Waals surface area (Å²) >= 11 is 6.16. The molecule has 2 heterocycles. The summed E-state index contributed by atoms with van der Waals surface area (Å²) in [5.74, 6) is -2.55. The summed E-state index contributed by atoms with van der Waals surface area (Å²) in [6, 6.07) is 22.6. The molecule has 0 saturated carbocycles. The lowest BCUT2D eigenvalue weighted by Gasteiger charge is -2.46. The molecule has 5 rings (SSSR count). The first kappa shape index (κ1) is 24.7. The van der Waals surface area contributed by atoms with Crippen molar-refractivity contribution in [2.24, 2.45) is 5.10 Å². The molecule has 37 heavy (non-hydrogen) atoms. The number of rotatable bonds is 5. The van der Waals surface area contributed by atoms with Crippen LogP contribution in [-0.2, 0) is 14.3 Å². The third-order valence-electron chi connectivity index (χ3n) is 6.79. The van der Waals surface area contributed by atoms with Crippen molar-refractivity contribution in [3.63, 3.8) is 0 Å². The molecule has 0 aromatic heterocycles. The van der Waals surface area contributed by atoms with Gasteiger partial charge in [-0.1, -0.05) is 60.1 Å². The van der Waals surface area contributed by atoms with Crippen LogP contribution in [0.25, 0.3) is 0 Å². The van der Waals surface area contributed by atoms with E-state index in [0.717, 1.165) is 5.56 Å². The van der Waals surface area contributed by atoms with Gasteiger partial charge in [0.25, 0.3) is 5.91 Å². The second-order valence-electron chi connectivity index (χ2n) is 8.97. The van der Waals surface area contributed by atoms with Crippen molar-refractivity contribution in [3.8, 4) is 0 Å². The molecule has 0 unspecified atom stereocenters. The zero-order valence-electron chi connectivity index (χ0n) is 20.4. The Labute approximate surface area is 219 Å². The SMILES string of the molecule is CCOC(=O)C1=C(C)NC(=O)[C@@]2(CC(c3ccccc3)=NN2c2ccc(Cl)cc2)[C@H]1c1ccccc1F. The minimum absolute atomic E-state index is 0.126. The zero-order valence-corrected chi connectivity index (χ0v) is 21.1. The van der Waals surface area contributed by atoms with Crippen molar-refractivity contribution in [2.75, 3.05) is 11.6 Å². The number of amides is 1. The van der Waals surface area contributed by atoms with Crippen molar-refractivity contribution in [3.05, 3.63) is 112 Å². The summed E-state index contributed by atoms with van der Waals surface area (Å²) in [6.45, 7) is 3.47. The maximum absolute atomic E-state index is 15.5. The molecule has 2 aliphatic heterocycles. The highest BCUT2D eigenvalue weighted by atomic mass is 35.5. The number of nitrogens with one attached hydrogen (secondary N) is 1. The van der Waals surface area contributed by atoms with E-state index < -0.39 is 29.2 Å². The number of benzene rings is 3. The van der Waals surface area contributed by atoms with E-state index in [1.165, 1.54) is 6.07 Å². The highest BCUT2D eigenvalue weighted by Crippen LogP contribution is 2.51. The molecule has 0 radical (unpaired) electrons. The predicted molar refractivity (Wildman–Crippen MR) is 141 cm³/mol. The number of allylic oxidation sites excluding steroid dienone is 1. The average Bonchev–Trinajstić information content (AvgIpc) is 3.29. The van der Waals surface area contributed by atoms with Crippen molar-refractivity contribution >= 4 is 34.9 Å². The number of carbonyl (C=O) groups excluding carboxylic acids is 2. The van der Waals surface area contributed by atoms with Crippen LogP contribution in [0.3, 0.4) is 0 Å². The Bertz CT molecular complexity index is 1420. The van der Waals surface area contributed by atoms with Crippen molar-refractivity contribution < 1.29 is 18.7 Å². The molecule has 1 amide bonds. The largest absolute Gasteiger partial charge is 0.463 e. The Morgan fingerprint density at radius 1 is 1.11 bits per heavy atom. The number of anilines is 1. The second kappa shape index (κ2) is 9.82. The Morgan fingerprint density at radius 2 is 1.78 bits per heavy atom. The Kier molecular flexibility index (Phi) is 6.56. The molecule has 1 N–H and O–H groups in total. The van der Waals surface area contributed by atoms with E-state index in [0.29, 0.717) is 22.1 Å². The number of ether oxygens (including phenoxy) is 1. The molecule has 6 nitrogen and oxygen atoms in total. The smallest absolute Gasteiger partial charge is 0.336 e. The van der Waals surface area contributed by atoms with Crippen LogP contribution in [0.15, 0.2) is 95.2 Å². The number of nitrogens with zero attached hydrogens (tertiary/aromatic N) is 2. The first-order valence-corrected chi connectivity index (χ1v) is 12.4. The van der Waals surface area contributed by atoms with Gasteiger partial charge in [-0.15, -0.1) is 0 Å². The van der Waals surface area contributed by atoms with Crippen LogP contribution < -0.4 is 10.3 Å². The van der Waals surface area contributed by atoms with Crippen molar-refractivity contribution in [2.45, 2.75) is 31.7 Å². The van der Waals surface area contributed by atoms with Gasteiger partial charge in [0.15, 0.2) is 5.54 Å². The van der Waals surface area contributed by atoms with Crippen LogP contribution in [0.1, 0.15) is 37.3 Å². The summed E-state index contributed by atoms with van der Waals surface area (Å²) in [5.41, 5.74) is 1.26. The molecule has 0 bridgehead atoms. The van der Waals surface area contributed by atoms with Crippen LogP contribution in [0, 0.1) is 5.82 Å². The summed E-state index contributed by atoms with van der Waals surface area (Å²) in [5, 5.41) is 9.91. The van der Waals surface area contributed by atoms with Crippen LogP contribution in [0.4, 0.5) is 10.1 Å². The van der Waals surface area contributed by atoms with Crippen LogP contribution in [-0.4, -0.2) is 29.7 Å². The topological polar surface area (TPSA) is 71.0 Å². The number of hydrazone groups is 1.